The van der Waals surface area contributed by atoms with E-state index >= 15 is 0 Å². The number of hydrogen-bond donors (Lipinski definition) is 2. The highest BCUT2D eigenvalue weighted by Crippen LogP contribution is 2.56. The van der Waals surface area contributed by atoms with Crippen LogP contribution in [0.15, 0.2) is 48.5 Å². The number of carbonyl (C=O) groups is 3. The first-order chi connectivity index (χ1) is 16.1. The van der Waals surface area contributed by atoms with Gasteiger partial charge in [0.15, 0.2) is 0 Å². The van der Waals surface area contributed by atoms with Crippen molar-refractivity contribution in [3.8, 4) is 0 Å². The molecule has 0 spiro atoms. The van der Waals surface area contributed by atoms with Crippen LogP contribution in [0, 0.1) is 12.8 Å². The lowest BCUT2D eigenvalue weighted by Crippen LogP contribution is -2.58. The molecule has 0 radical (unpaired) electrons. The third-order valence-corrected chi connectivity index (χ3v) is 8.46. The van der Waals surface area contributed by atoms with Crippen molar-refractivity contribution in [3.63, 3.8) is 0 Å². The van der Waals surface area contributed by atoms with Gasteiger partial charge in [0.1, 0.15) is 17.5 Å². The van der Waals surface area contributed by atoms with Gasteiger partial charge in [0.25, 0.3) is 5.91 Å². The number of benzene rings is 2. The lowest BCUT2D eigenvalue weighted by molar-refractivity contribution is -0.133. The van der Waals surface area contributed by atoms with Crippen LogP contribution in [-0.4, -0.2) is 39.5 Å². The molecule has 0 bridgehead atoms. The van der Waals surface area contributed by atoms with Gasteiger partial charge in [-0.2, -0.15) is 0 Å². The Morgan fingerprint density at radius 1 is 1.12 bits per heavy atom. The number of rotatable bonds is 7. The third kappa shape index (κ3) is 4.45. The molecule has 0 aromatic heterocycles. The number of carbonyl (C=O) groups excluding carboxylic acids is 3. The third-order valence-electron chi connectivity index (χ3n) is 6.93. The predicted molar refractivity (Wildman–Crippen MR) is 135 cm³/mol. The molecule has 4 atom stereocenters. The summed E-state index contributed by atoms with van der Waals surface area (Å²) in [7, 11) is 0. The molecule has 0 aliphatic carbocycles. The van der Waals surface area contributed by atoms with Crippen LogP contribution in [0.25, 0.3) is 0 Å². The number of thioether (sulfide) groups is 1. The van der Waals surface area contributed by atoms with Gasteiger partial charge >= 0.3 is 0 Å². The molecular formula is C27H33N3O3S. The maximum atomic E-state index is 13.6. The van der Waals surface area contributed by atoms with Gasteiger partial charge in [0.2, 0.25) is 11.8 Å². The smallest absolute Gasteiger partial charge is 0.256 e. The number of aryl methyl sites for hydroxylation is 1. The van der Waals surface area contributed by atoms with Crippen molar-refractivity contribution >= 4 is 29.5 Å². The molecular weight excluding hydrogens is 446 g/mol. The van der Waals surface area contributed by atoms with E-state index in [4.69, 9.17) is 0 Å². The topological polar surface area (TPSA) is 78.5 Å². The van der Waals surface area contributed by atoms with Crippen LogP contribution in [0.1, 0.15) is 66.5 Å². The number of nitrogens with zero attached hydrogens (tertiary/aromatic N) is 1. The number of hydrogen-bond acceptors (Lipinski definition) is 4. The van der Waals surface area contributed by atoms with E-state index in [2.05, 4.69) is 10.6 Å². The van der Waals surface area contributed by atoms with Crippen molar-refractivity contribution in [3.05, 3.63) is 70.8 Å². The minimum Gasteiger partial charge on any atom is -0.350 e. The van der Waals surface area contributed by atoms with Crippen molar-refractivity contribution < 1.29 is 14.4 Å². The maximum absolute atomic E-state index is 13.6. The van der Waals surface area contributed by atoms with Crippen molar-refractivity contribution in [2.45, 2.75) is 69.8 Å². The van der Waals surface area contributed by atoms with E-state index in [0.717, 1.165) is 23.1 Å². The van der Waals surface area contributed by atoms with E-state index in [-0.39, 0.29) is 29.0 Å². The van der Waals surface area contributed by atoms with Gasteiger partial charge in [-0.3, -0.25) is 14.4 Å². The second kappa shape index (κ2) is 9.45. The van der Waals surface area contributed by atoms with Crippen molar-refractivity contribution in [2.75, 3.05) is 0 Å². The molecule has 34 heavy (non-hydrogen) atoms. The molecule has 7 heteroatoms. The fourth-order valence-electron chi connectivity index (χ4n) is 4.74. The van der Waals surface area contributed by atoms with Crippen molar-refractivity contribution in [1.82, 2.24) is 15.5 Å². The molecule has 2 aromatic carbocycles. The lowest BCUT2D eigenvalue weighted by Gasteiger charge is -2.32. The van der Waals surface area contributed by atoms with Gasteiger partial charge in [-0.1, -0.05) is 68.3 Å². The van der Waals surface area contributed by atoms with Gasteiger partial charge in [0, 0.05) is 16.9 Å². The molecule has 0 saturated carbocycles. The summed E-state index contributed by atoms with van der Waals surface area (Å²) < 4.78 is -0.490. The van der Waals surface area contributed by atoms with E-state index in [1.165, 1.54) is 0 Å². The molecule has 2 heterocycles. The fourth-order valence-corrected chi connectivity index (χ4v) is 6.33. The maximum Gasteiger partial charge on any atom is 0.256 e. The monoisotopic (exact) mass is 479 g/mol. The summed E-state index contributed by atoms with van der Waals surface area (Å²) >= 11 is 1.62. The number of nitrogens with one attached hydrogen (secondary N) is 2. The zero-order valence-corrected chi connectivity index (χ0v) is 21.2. The Labute approximate surface area is 205 Å². The van der Waals surface area contributed by atoms with Crippen molar-refractivity contribution in [2.24, 2.45) is 5.92 Å². The average molecular weight is 480 g/mol. The van der Waals surface area contributed by atoms with E-state index < -0.39 is 16.8 Å². The molecule has 3 amide bonds. The Hall–Kier alpha value is -2.80. The Bertz CT molecular complexity index is 1100. The lowest BCUT2D eigenvalue weighted by atomic mass is 9.95. The van der Waals surface area contributed by atoms with Crippen LogP contribution in [0.2, 0.25) is 0 Å². The largest absolute Gasteiger partial charge is 0.350 e. The highest BCUT2D eigenvalue weighted by Gasteiger charge is 2.57. The van der Waals surface area contributed by atoms with Gasteiger partial charge in [0.05, 0.1) is 0 Å². The second-order valence-electron chi connectivity index (χ2n) is 9.85. The molecule has 2 N–H and O–H groups in total. The summed E-state index contributed by atoms with van der Waals surface area (Å²) in [5.41, 5.74) is 3.77. The molecule has 2 aliphatic rings. The van der Waals surface area contributed by atoms with Gasteiger partial charge in [-0.25, -0.2) is 0 Å². The van der Waals surface area contributed by atoms with Gasteiger partial charge in [-0.05, 0) is 43.9 Å². The van der Waals surface area contributed by atoms with Crippen LogP contribution in [0.3, 0.4) is 0 Å². The van der Waals surface area contributed by atoms with Crippen LogP contribution >= 0.6 is 11.8 Å². The molecule has 180 valence electrons. The number of fused-ring (bicyclic) bond motifs is 3. The summed E-state index contributed by atoms with van der Waals surface area (Å²) in [4.78, 5) is 41.7. The first-order valence-electron chi connectivity index (χ1n) is 11.9. The van der Waals surface area contributed by atoms with Crippen LogP contribution in [-0.2, 0) is 16.1 Å². The minimum atomic E-state index is -0.678. The van der Waals surface area contributed by atoms with E-state index in [1.807, 2.05) is 83.1 Å². The average Bonchev–Trinajstić information content (AvgIpc) is 3.25. The first kappa shape index (κ1) is 24.3. The fraction of sp³-hybridized carbons (Fsp3) is 0.444. The van der Waals surface area contributed by atoms with Crippen LogP contribution in [0.5, 0.6) is 0 Å². The molecule has 2 aliphatic heterocycles. The van der Waals surface area contributed by atoms with Gasteiger partial charge < -0.3 is 15.5 Å². The summed E-state index contributed by atoms with van der Waals surface area (Å²) in [6.07, 6.45) is 0.739. The summed E-state index contributed by atoms with van der Waals surface area (Å²) in [6, 6.07) is 14.2. The highest BCUT2D eigenvalue weighted by atomic mass is 32.2. The van der Waals surface area contributed by atoms with E-state index in [1.54, 1.807) is 16.7 Å². The Morgan fingerprint density at radius 2 is 1.79 bits per heavy atom. The van der Waals surface area contributed by atoms with E-state index in [9.17, 15) is 14.4 Å². The molecule has 4 unspecified atom stereocenters. The normalized spacial score (nSPS) is 22.0. The molecule has 6 nitrogen and oxygen atoms in total. The highest BCUT2D eigenvalue weighted by molar-refractivity contribution is 8.01. The van der Waals surface area contributed by atoms with E-state index in [0.29, 0.717) is 12.1 Å². The quantitative estimate of drug-likeness (QED) is 0.624. The molecule has 1 fully saturated rings. The summed E-state index contributed by atoms with van der Waals surface area (Å²) in [5.74, 6) is -0.666. The SMILES string of the molecule is CCC(C)C(NC(=O)C1N2C(=O)c3ccccc3C2SC1(C)C)C(=O)NCc1ccc(C)cc1. The predicted octanol–water partition coefficient (Wildman–Crippen LogP) is 4.19. The van der Waals surface area contributed by atoms with Crippen molar-refractivity contribution in [1.29, 1.82) is 0 Å². The van der Waals surface area contributed by atoms with Gasteiger partial charge in [-0.15, -0.1) is 11.8 Å². The second-order valence-corrected chi connectivity index (χ2v) is 11.6. The molecule has 4 rings (SSSR count). The zero-order chi connectivity index (χ0) is 24.6. The summed E-state index contributed by atoms with van der Waals surface area (Å²) in [5, 5.41) is 5.80. The molecule has 1 saturated heterocycles. The van der Waals surface area contributed by atoms with Crippen LogP contribution < -0.4 is 10.6 Å². The Morgan fingerprint density at radius 3 is 2.47 bits per heavy atom. The van der Waals surface area contributed by atoms with Crippen LogP contribution in [0.4, 0.5) is 0 Å². The Balaban J connectivity index is 1.51. The zero-order valence-electron chi connectivity index (χ0n) is 20.4. The minimum absolute atomic E-state index is 0.0543. The standard InChI is InChI=1S/C27H33N3O3S/c1-6-17(3)21(23(31)28-15-18-13-11-16(2)12-14-18)29-24(32)22-27(4,5)34-26-20-10-8-7-9-19(20)25(33)30(22)26/h7-14,17,21-22,26H,6,15H2,1-5H3,(H,28,31)(H,29,32). The summed E-state index contributed by atoms with van der Waals surface area (Å²) in [6.45, 7) is 10.4. The number of amides is 3. The molecule has 2 aromatic rings. The first-order valence-corrected chi connectivity index (χ1v) is 12.7. The Kier molecular flexibility index (Phi) is 6.76.